The van der Waals surface area contributed by atoms with E-state index in [0.717, 1.165) is 11.1 Å². The molecule has 2 aromatic rings. The van der Waals surface area contributed by atoms with Crippen LogP contribution in [0.4, 0.5) is 5.69 Å². The Labute approximate surface area is 147 Å². The molecule has 0 radical (unpaired) electrons. The summed E-state index contributed by atoms with van der Waals surface area (Å²) >= 11 is 0. The van der Waals surface area contributed by atoms with E-state index < -0.39 is 4.92 Å². The number of hydrogen-bond donors (Lipinski definition) is 0. The third-order valence-electron chi connectivity index (χ3n) is 4.24. The Kier molecular flexibility index (Phi) is 3.72. The summed E-state index contributed by atoms with van der Waals surface area (Å²) in [6.45, 7) is 1.58. The Morgan fingerprint density at radius 1 is 1.12 bits per heavy atom. The smallest absolute Gasteiger partial charge is 0.269 e. The average molecular weight is 351 g/mol. The van der Waals surface area contributed by atoms with Crippen molar-refractivity contribution in [2.75, 3.05) is 6.79 Å². The number of non-ortho nitro benzene ring substituents is 1. The van der Waals surface area contributed by atoms with Gasteiger partial charge >= 0.3 is 0 Å². The quantitative estimate of drug-likeness (QED) is 0.625. The van der Waals surface area contributed by atoms with Crippen LogP contribution in [0.2, 0.25) is 0 Å². The number of carbonyl (C=O) groups is 1. The average Bonchev–Trinajstić information content (AvgIpc) is 2.99. The SMILES string of the molecule is CC(=O)C1=NN=C(c2ccc([N+](=O)[O-])cc2)c2cc3c(cc2C1)OCO3. The molecule has 0 N–H and O–H groups in total. The van der Waals surface area contributed by atoms with Gasteiger partial charge in [0, 0.05) is 36.6 Å². The van der Waals surface area contributed by atoms with Crippen molar-refractivity contribution in [1.82, 2.24) is 0 Å². The van der Waals surface area contributed by atoms with Crippen LogP contribution in [-0.4, -0.2) is 28.9 Å². The van der Waals surface area contributed by atoms with Crippen LogP contribution in [-0.2, 0) is 11.2 Å². The lowest BCUT2D eigenvalue weighted by atomic mass is 9.93. The summed E-state index contributed by atoms with van der Waals surface area (Å²) in [4.78, 5) is 22.2. The van der Waals surface area contributed by atoms with Crippen molar-refractivity contribution in [2.45, 2.75) is 13.3 Å². The Bertz CT molecular complexity index is 993. The molecule has 0 amide bonds. The third kappa shape index (κ3) is 2.71. The highest BCUT2D eigenvalue weighted by Gasteiger charge is 2.24. The van der Waals surface area contributed by atoms with Crippen LogP contribution < -0.4 is 9.47 Å². The van der Waals surface area contributed by atoms with Gasteiger partial charge in [-0.25, -0.2) is 0 Å². The normalized spacial score (nSPS) is 14.8. The van der Waals surface area contributed by atoms with Crippen molar-refractivity contribution in [3.63, 3.8) is 0 Å². The van der Waals surface area contributed by atoms with Gasteiger partial charge in [0.2, 0.25) is 6.79 Å². The lowest BCUT2D eigenvalue weighted by molar-refractivity contribution is -0.384. The van der Waals surface area contributed by atoms with Gasteiger partial charge in [-0.15, -0.1) is 5.10 Å². The van der Waals surface area contributed by atoms with Gasteiger partial charge in [-0.1, -0.05) is 0 Å². The predicted molar refractivity (Wildman–Crippen MR) is 93.1 cm³/mol. The summed E-state index contributed by atoms with van der Waals surface area (Å²) in [6, 6.07) is 9.66. The van der Waals surface area contributed by atoms with Crippen LogP contribution in [0.15, 0.2) is 46.6 Å². The first-order valence-corrected chi connectivity index (χ1v) is 7.86. The zero-order chi connectivity index (χ0) is 18.3. The molecule has 0 aromatic heterocycles. The monoisotopic (exact) mass is 351 g/mol. The topological polar surface area (TPSA) is 103 Å². The van der Waals surface area contributed by atoms with E-state index in [4.69, 9.17) is 9.47 Å². The second-order valence-electron chi connectivity index (χ2n) is 5.89. The van der Waals surface area contributed by atoms with Crippen molar-refractivity contribution >= 4 is 22.9 Å². The molecule has 0 fully saturated rings. The third-order valence-corrected chi connectivity index (χ3v) is 4.24. The molecule has 2 aliphatic heterocycles. The summed E-state index contributed by atoms with van der Waals surface area (Å²) in [5.41, 5.74) is 3.08. The maximum Gasteiger partial charge on any atom is 0.269 e. The van der Waals surface area contributed by atoms with Crippen LogP contribution in [0.25, 0.3) is 0 Å². The van der Waals surface area contributed by atoms with Crippen molar-refractivity contribution in [1.29, 1.82) is 0 Å². The molecule has 26 heavy (non-hydrogen) atoms. The van der Waals surface area contributed by atoms with E-state index in [1.54, 1.807) is 18.2 Å². The largest absolute Gasteiger partial charge is 0.454 e. The number of nitrogens with zero attached hydrogens (tertiary/aromatic N) is 3. The Morgan fingerprint density at radius 2 is 1.81 bits per heavy atom. The fourth-order valence-electron chi connectivity index (χ4n) is 2.88. The number of carbonyl (C=O) groups excluding carboxylic acids is 1. The van der Waals surface area contributed by atoms with E-state index in [0.29, 0.717) is 34.9 Å². The molecule has 130 valence electrons. The number of nitro groups is 1. The number of nitro benzene ring substituents is 1. The zero-order valence-electron chi connectivity index (χ0n) is 13.8. The zero-order valence-corrected chi connectivity index (χ0v) is 13.8. The van der Waals surface area contributed by atoms with Gasteiger partial charge in [-0.05, 0) is 29.8 Å². The van der Waals surface area contributed by atoms with Crippen LogP contribution >= 0.6 is 0 Å². The number of ketones is 1. The number of rotatable bonds is 3. The van der Waals surface area contributed by atoms with E-state index >= 15 is 0 Å². The van der Waals surface area contributed by atoms with E-state index in [-0.39, 0.29) is 18.3 Å². The van der Waals surface area contributed by atoms with Crippen LogP contribution in [0, 0.1) is 10.1 Å². The lowest BCUT2D eigenvalue weighted by Crippen LogP contribution is -2.13. The fourth-order valence-corrected chi connectivity index (χ4v) is 2.88. The van der Waals surface area contributed by atoms with Crippen LogP contribution in [0.1, 0.15) is 23.6 Å². The van der Waals surface area contributed by atoms with Crippen molar-refractivity contribution in [3.8, 4) is 11.5 Å². The molecule has 2 heterocycles. The van der Waals surface area contributed by atoms with Crippen molar-refractivity contribution in [3.05, 3.63) is 63.2 Å². The molecular formula is C18H13N3O5. The summed E-state index contributed by atoms with van der Waals surface area (Å²) < 4.78 is 10.9. The van der Waals surface area contributed by atoms with Gasteiger partial charge < -0.3 is 9.47 Å². The Hall–Kier alpha value is -3.55. The van der Waals surface area contributed by atoms with Crippen LogP contribution in [0.3, 0.4) is 0 Å². The first-order chi connectivity index (χ1) is 12.5. The molecule has 0 saturated heterocycles. The van der Waals surface area contributed by atoms with E-state index in [1.807, 2.05) is 6.07 Å². The minimum absolute atomic E-state index is 0.0122. The summed E-state index contributed by atoms with van der Waals surface area (Å²) in [5.74, 6) is 1.03. The van der Waals surface area contributed by atoms with E-state index in [1.165, 1.54) is 19.1 Å². The number of benzene rings is 2. The van der Waals surface area contributed by atoms with Crippen molar-refractivity contribution < 1.29 is 19.2 Å². The van der Waals surface area contributed by atoms with Gasteiger partial charge in [-0.3, -0.25) is 14.9 Å². The minimum Gasteiger partial charge on any atom is -0.454 e. The maximum absolute atomic E-state index is 11.8. The highest BCUT2D eigenvalue weighted by Crippen LogP contribution is 2.36. The molecule has 2 aromatic carbocycles. The summed E-state index contributed by atoms with van der Waals surface area (Å²) in [6.07, 6.45) is 0.321. The van der Waals surface area contributed by atoms with Crippen molar-refractivity contribution in [2.24, 2.45) is 10.2 Å². The first kappa shape index (κ1) is 15.9. The number of ether oxygens (including phenoxy) is 2. The summed E-state index contributed by atoms with van der Waals surface area (Å²) in [5, 5.41) is 19.2. The number of Topliss-reactive ketones (excluding diaryl/α,β-unsaturated/α-hetero) is 1. The van der Waals surface area contributed by atoms with Gasteiger partial charge in [-0.2, -0.15) is 5.10 Å². The number of fused-ring (bicyclic) bond motifs is 2. The van der Waals surface area contributed by atoms with Gasteiger partial charge in [0.1, 0.15) is 11.4 Å². The molecule has 0 bridgehead atoms. The highest BCUT2D eigenvalue weighted by atomic mass is 16.7. The molecule has 4 rings (SSSR count). The summed E-state index contributed by atoms with van der Waals surface area (Å²) in [7, 11) is 0. The molecule has 0 atom stereocenters. The van der Waals surface area contributed by atoms with Gasteiger partial charge in [0.05, 0.1) is 4.92 Å². The maximum atomic E-state index is 11.8. The molecule has 0 spiro atoms. The first-order valence-electron chi connectivity index (χ1n) is 7.86. The Balaban J connectivity index is 1.87. The standard InChI is InChI=1S/C18H13N3O5/c1-10(22)15-6-12-7-16-17(26-9-25-16)8-14(12)18(20-19-15)11-2-4-13(5-3-11)21(23)24/h2-5,7-8H,6,9H2,1H3. The van der Waals surface area contributed by atoms with E-state index in [9.17, 15) is 14.9 Å². The highest BCUT2D eigenvalue weighted by molar-refractivity contribution is 6.40. The number of hydrogen-bond acceptors (Lipinski definition) is 7. The molecule has 0 unspecified atom stereocenters. The second kappa shape index (κ2) is 6.07. The Morgan fingerprint density at radius 3 is 2.46 bits per heavy atom. The second-order valence-corrected chi connectivity index (χ2v) is 5.89. The van der Waals surface area contributed by atoms with Gasteiger partial charge in [0.15, 0.2) is 17.3 Å². The molecule has 2 aliphatic rings. The molecular weight excluding hydrogens is 338 g/mol. The predicted octanol–water partition coefficient (Wildman–Crippen LogP) is 2.66. The molecule has 8 heteroatoms. The van der Waals surface area contributed by atoms with Gasteiger partial charge in [0.25, 0.3) is 5.69 Å². The van der Waals surface area contributed by atoms with Crippen LogP contribution in [0.5, 0.6) is 11.5 Å². The molecule has 8 nitrogen and oxygen atoms in total. The molecule has 0 saturated carbocycles. The molecule has 0 aliphatic carbocycles. The van der Waals surface area contributed by atoms with E-state index in [2.05, 4.69) is 10.2 Å². The lowest BCUT2D eigenvalue weighted by Gasteiger charge is -2.11. The minimum atomic E-state index is -0.462. The fraction of sp³-hybridized carbons (Fsp3) is 0.167.